The maximum Gasteiger partial charge on any atom is 0.255 e. The Labute approximate surface area is 288 Å². The van der Waals surface area contributed by atoms with E-state index in [1.165, 1.54) is 13.2 Å². The Hall–Kier alpha value is -5.09. The molecule has 3 aliphatic rings. The topological polar surface area (TPSA) is 153 Å². The SMILES string of the molecule is CC[C@@H]1[C@H](F)C(=O)N[C@@H]1COc1ncc(C#CC2CCN(Cc3ccc(C4CCC(=O)NC4=O)c(F)c3)CC2)c2cc(C(N)=O)c(OC)cc12. The summed E-state index contributed by atoms with van der Waals surface area (Å²) in [5.74, 6) is 3.39. The molecule has 50 heavy (non-hydrogen) atoms. The molecule has 1 aromatic heterocycles. The molecule has 11 nitrogen and oxygen atoms in total. The van der Waals surface area contributed by atoms with E-state index in [-0.39, 0.29) is 42.0 Å². The second kappa shape index (κ2) is 14.8. The summed E-state index contributed by atoms with van der Waals surface area (Å²) in [5, 5.41) is 6.05. The van der Waals surface area contributed by atoms with Crippen LogP contribution in [-0.2, 0) is 20.9 Å². The molecule has 4 amide bonds. The van der Waals surface area contributed by atoms with Crippen molar-refractivity contribution in [3.05, 3.63) is 64.6 Å². The van der Waals surface area contributed by atoms with Gasteiger partial charge in [-0.05, 0) is 62.5 Å². The van der Waals surface area contributed by atoms with Gasteiger partial charge in [-0.2, -0.15) is 0 Å². The molecule has 262 valence electrons. The van der Waals surface area contributed by atoms with Gasteiger partial charge in [-0.3, -0.25) is 29.4 Å². The summed E-state index contributed by atoms with van der Waals surface area (Å²) in [4.78, 5) is 54.6. The number of amides is 4. The molecule has 3 aromatic rings. The van der Waals surface area contributed by atoms with E-state index in [0.29, 0.717) is 41.3 Å². The van der Waals surface area contributed by atoms with Gasteiger partial charge in [0.05, 0.1) is 30.2 Å². The number of nitrogens with two attached hydrogens (primary N) is 1. The highest BCUT2D eigenvalue weighted by Crippen LogP contribution is 2.34. The van der Waals surface area contributed by atoms with E-state index in [1.807, 2.05) is 13.0 Å². The van der Waals surface area contributed by atoms with E-state index in [1.54, 1.807) is 24.4 Å². The standard InChI is InChI=1S/C37H39F2N5O6/c1-3-23-30(42-36(48)33(23)39)19-50-37-27-16-31(49-2)28(34(40)46)15-26(27)22(17-41-37)6-4-20-10-12-44(13-11-20)18-21-5-7-24(29(38)14-21)25-8-9-32(45)43-35(25)47/h5,7,14-17,20,23,25,30,33H,3,8-13,18-19H2,1-2H3,(H2,40,46)(H,42,48)(H,43,45,47)/t23-,25?,30+,33-/m0/s1. The number of pyridine rings is 1. The van der Waals surface area contributed by atoms with Gasteiger partial charge in [-0.1, -0.05) is 30.9 Å². The predicted octanol–water partition coefficient (Wildman–Crippen LogP) is 3.51. The van der Waals surface area contributed by atoms with Crippen LogP contribution < -0.4 is 25.8 Å². The van der Waals surface area contributed by atoms with Crippen molar-refractivity contribution < 1.29 is 37.4 Å². The van der Waals surface area contributed by atoms with Gasteiger partial charge in [0.25, 0.3) is 11.8 Å². The maximum atomic E-state index is 15.0. The minimum atomic E-state index is -1.59. The minimum absolute atomic E-state index is 0.00682. The number of carbonyl (C=O) groups excluding carboxylic acids is 4. The number of nitrogens with one attached hydrogen (secondary N) is 2. The monoisotopic (exact) mass is 687 g/mol. The van der Waals surface area contributed by atoms with Crippen molar-refractivity contribution in [2.75, 3.05) is 26.8 Å². The molecule has 4 heterocycles. The summed E-state index contributed by atoms with van der Waals surface area (Å²) >= 11 is 0. The van der Waals surface area contributed by atoms with Gasteiger partial charge in [0.1, 0.15) is 18.2 Å². The van der Waals surface area contributed by atoms with Crippen molar-refractivity contribution in [2.24, 2.45) is 17.6 Å². The highest BCUT2D eigenvalue weighted by atomic mass is 19.1. The fraction of sp³-hybridized carbons (Fsp3) is 0.432. The van der Waals surface area contributed by atoms with Gasteiger partial charge < -0.3 is 20.5 Å². The number of aromatic nitrogens is 1. The molecule has 0 aliphatic carbocycles. The summed E-state index contributed by atoms with van der Waals surface area (Å²) in [7, 11) is 1.42. The van der Waals surface area contributed by atoms with Crippen LogP contribution in [0.25, 0.3) is 10.8 Å². The lowest BCUT2D eigenvalue weighted by Gasteiger charge is -2.30. The molecule has 3 fully saturated rings. The first-order valence-electron chi connectivity index (χ1n) is 16.8. The van der Waals surface area contributed by atoms with Gasteiger partial charge in [0.15, 0.2) is 6.17 Å². The molecule has 6 rings (SSSR count). The van der Waals surface area contributed by atoms with Crippen LogP contribution in [0.15, 0.2) is 36.5 Å². The normalized spacial score (nSPS) is 22.8. The number of rotatable bonds is 9. The second-order valence-electron chi connectivity index (χ2n) is 13.0. The number of alkyl halides is 1. The molecular weight excluding hydrogens is 648 g/mol. The van der Waals surface area contributed by atoms with Crippen LogP contribution in [0.4, 0.5) is 8.78 Å². The van der Waals surface area contributed by atoms with Crippen molar-refractivity contribution in [2.45, 2.75) is 63.7 Å². The van der Waals surface area contributed by atoms with Crippen LogP contribution in [0.5, 0.6) is 11.6 Å². The van der Waals surface area contributed by atoms with Crippen molar-refractivity contribution >= 4 is 34.4 Å². The number of methoxy groups -OCH3 is 1. The van der Waals surface area contributed by atoms with Gasteiger partial charge >= 0.3 is 0 Å². The number of likely N-dealkylation sites (tertiary alicyclic amines) is 1. The summed E-state index contributed by atoms with van der Waals surface area (Å²) in [6.45, 7) is 3.88. The fourth-order valence-corrected chi connectivity index (χ4v) is 7.03. The average molecular weight is 688 g/mol. The van der Waals surface area contributed by atoms with Crippen LogP contribution in [-0.4, -0.2) is 72.5 Å². The van der Waals surface area contributed by atoms with Crippen molar-refractivity contribution in [1.29, 1.82) is 0 Å². The molecule has 0 bridgehead atoms. The summed E-state index contributed by atoms with van der Waals surface area (Å²) in [6, 6.07) is 7.64. The molecule has 4 atom stereocenters. The lowest BCUT2D eigenvalue weighted by molar-refractivity contribution is -0.134. The average Bonchev–Trinajstić information content (AvgIpc) is 3.38. The quantitative estimate of drug-likeness (QED) is 0.228. The number of ether oxygens (including phenoxy) is 2. The Kier molecular flexibility index (Phi) is 10.3. The zero-order valence-corrected chi connectivity index (χ0v) is 27.9. The van der Waals surface area contributed by atoms with Gasteiger partial charge in [-0.25, -0.2) is 13.8 Å². The number of hydrogen-bond donors (Lipinski definition) is 3. The number of benzene rings is 2. The van der Waals surface area contributed by atoms with E-state index in [9.17, 15) is 23.6 Å². The molecular formula is C37H39F2N5O6. The van der Waals surface area contributed by atoms with Crippen molar-refractivity contribution in [3.63, 3.8) is 0 Å². The fourth-order valence-electron chi connectivity index (χ4n) is 7.03. The van der Waals surface area contributed by atoms with Gasteiger partial charge in [0, 0.05) is 47.3 Å². The second-order valence-corrected chi connectivity index (χ2v) is 13.0. The summed E-state index contributed by atoms with van der Waals surface area (Å²) in [5.41, 5.74) is 7.50. The highest BCUT2D eigenvalue weighted by molar-refractivity contribution is 6.03. The number of hydrogen-bond acceptors (Lipinski definition) is 8. The maximum absolute atomic E-state index is 15.0. The Morgan fingerprint density at radius 3 is 2.56 bits per heavy atom. The Balaban J connectivity index is 1.14. The largest absolute Gasteiger partial charge is 0.496 e. The molecule has 2 aromatic carbocycles. The van der Waals surface area contributed by atoms with Crippen LogP contribution >= 0.6 is 0 Å². The Bertz CT molecular complexity index is 1900. The lowest BCUT2D eigenvalue weighted by Crippen LogP contribution is -2.39. The molecule has 1 unspecified atom stereocenters. The molecule has 3 aliphatic heterocycles. The molecule has 4 N–H and O–H groups in total. The van der Waals surface area contributed by atoms with Gasteiger partial charge in [0.2, 0.25) is 17.7 Å². The van der Waals surface area contributed by atoms with E-state index in [4.69, 9.17) is 15.2 Å². The first kappa shape index (κ1) is 34.8. The number of carbonyl (C=O) groups is 4. The number of imide groups is 1. The third-order valence-electron chi connectivity index (χ3n) is 9.86. The van der Waals surface area contributed by atoms with Crippen molar-refractivity contribution in [3.8, 4) is 23.5 Å². The smallest absolute Gasteiger partial charge is 0.255 e. The van der Waals surface area contributed by atoms with E-state index in [0.717, 1.165) is 31.5 Å². The van der Waals surface area contributed by atoms with E-state index in [2.05, 4.69) is 32.4 Å². The number of nitrogens with zero attached hydrogens (tertiary/aromatic N) is 2. The van der Waals surface area contributed by atoms with Crippen LogP contribution in [0, 0.1) is 29.5 Å². The Morgan fingerprint density at radius 2 is 1.88 bits per heavy atom. The zero-order chi connectivity index (χ0) is 35.5. The molecule has 0 radical (unpaired) electrons. The number of halogens is 2. The molecule has 0 spiro atoms. The van der Waals surface area contributed by atoms with Crippen LogP contribution in [0.3, 0.4) is 0 Å². The first-order valence-corrected chi connectivity index (χ1v) is 16.8. The third kappa shape index (κ3) is 7.26. The lowest BCUT2D eigenvalue weighted by atomic mass is 9.89. The molecule has 13 heteroatoms. The van der Waals surface area contributed by atoms with Gasteiger partial charge in [-0.15, -0.1) is 0 Å². The third-order valence-corrected chi connectivity index (χ3v) is 9.86. The van der Waals surface area contributed by atoms with E-state index >= 15 is 4.39 Å². The van der Waals surface area contributed by atoms with Crippen LogP contribution in [0.2, 0.25) is 0 Å². The van der Waals surface area contributed by atoms with Crippen molar-refractivity contribution in [1.82, 2.24) is 20.5 Å². The first-order chi connectivity index (χ1) is 24.1. The molecule has 0 saturated carbocycles. The highest BCUT2D eigenvalue weighted by Gasteiger charge is 2.42. The Morgan fingerprint density at radius 1 is 1.10 bits per heavy atom. The van der Waals surface area contributed by atoms with Crippen LogP contribution in [0.1, 0.15) is 72.0 Å². The van der Waals surface area contributed by atoms with E-state index < -0.39 is 47.6 Å². The molecule has 3 saturated heterocycles. The number of fused-ring (bicyclic) bond motifs is 1. The number of primary amides is 1. The predicted molar refractivity (Wildman–Crippen MR) is 179 cm³/mol. The number of piperidine rings is 2. The zero-order valence-electron chi connectivity index (χ0n) is 27.9. The summed E-state index contributed by atoms with van der Waals surface area (Å²) in [6.07, 6.45) is 2.49. The summed E-state index contributed by atoms with van der Waals surface area (Å²) < 4.78 is 40.8. The minimum Gasteiger partial charge on any atom is -0.496 e.